The number of hydrogen-bond donors (Lipinski definition) is 0. The van der Waals surface area contributed by atoms with E-state index in [1.165, 1.54) is 12.0 Å². The molecule has 98 valence electrons. The number of piperidine rings is 1. The average molecular weight is 246 g/mol. The maximum Gasteiger partial charge on any atom is 0.236 e. The highest BCUT2D eigenvalue weighted by molar-refractivity contribution is 5.78. The molecule has 1 heterocycles. The number of amides is 1. The number of hydrogen-bond acceptors (Lipinski definition) is 2. The summed E-state index contributed by atoms with van der Waals surface area (Å²) in [5.41, 5.74) is 1.36. The van der Waals surface area contributed by atoms with Crippen LogP contribution in [0.4, 0.5) is 0 Å². The van der Waals surface area contributed by atoms with Crippen LogP contribution in [0.1, 0.15) is 24.3 Å². The lowest BCUT2D eigenvalue weighted by Gasteiger charge is -2.33. The number of likely N-dealkylation sites (tertiary alicyclic amines) is 1. The van der Waals surface area contributed by atoms with Crippen LogP contribution in [0.15, 0.2) is 30.3 Å². The zero-order valence-corrected chi connectivity index (χ0v) is 11.3. The Morgan fingerprint density at radius 3 is 2.72 bits per heavy atom. The van der Waals surface area contributed by atoms with E-state index in [1.54, 1.807) is 0 Å². The molecule has 0 aliphatic carbocycles. The maximum atomic E-state index is 12.1. The van der Waals surface area contributed by atoms with Gasteiger partial charge in [-0.15, -0.1) is 0 Å². The van der Waals surface area contributed by atoms with Crippen LogP contribution < -0.4 is 0 Å². The highest BCUT2D eigenvalue weighted by Crippen LogP contribution is 2.26. The Kier molecular flexibility index (Phi) is 4.37. The summed E-state index contributed by atoms with van der Waals surface area (Å²) in [6, 6.07) is 10.5. The molecule has 0 bridgehead atoms. The first-order chi connectivity index (χ1) is 8.66. The molecule has 2 rings (SSSR count). The number of nitrogens with zero attached hydrogens (tertiary/aromatic N) is 2. The molecule has 1 aromatic carbocycles. The fourth-order valence-electron chi connectivity index (χ4n) is 2.57. The van der Waals surface area contributed by atoms with Crippen molar-refractivity contribution < 1.29 is 4.79 Å². The number of rotatable bonds is 3. The van der Waals surface area contributed by atoms with Gasteiger partial charge in [0.05, 0.1) is 6.54 Å². The summed E-state index contributed by atoms with van der Waals surface area (Å²) >= 11 is 0. The molecule has 1 unspecified atom stereocenters. The van der Waals surface area contributed by atoms with E-state index >= 15 is 0 Å². The second-order valence-corrected chi connectivity index (χ2v) is 5.33. The Labute approximate surface area is 109 Å². The zero-order chi connectivity index (χ0) is 13.0. The molecule has 1 aliphatic rings. The second kappa shape index (κ2) is 6.01. The van der Waals surface area contributed by atoms with E-state index in [9.17, 15) is 4.79 Å². The lowest BCUT2D eigenvalue weighted by atomic mass is 9.90. The van der Waals surface area contributed by atoms with Crippen molar-refractivity contribution in [3.63, 3.8) is 0 Å². The normalized spacial score (nSPS) is 20.2. The van der Waals surface area contributed by atoms with E-state index in [0.29, 0.717) is 12.5 Å². The first kappa shape index (κ1) is 13.1. The molecule has 3 nitrogen and oxygen atoms in total. The van der Waals surface area contributed by atoms with Crippen molar-refractivity contribution in [1.82, 2.24) is 9.80 Å². The van der Waals surface area contributed by atoms with Gasteiger partial charge in [0.1, 0.15) is 0 Å². The third-order valence-corrected chi connectivity index (χ3v) is 3.50. The van der Waals surface area contributed by atoms with Gasteiger partial charge >= 0.3 is 0 Å². The molecule has 1 amide bonds. The molecule has 1 atom stereocenters. The summed E-state index contributed by atoms with van der Waals surface area (Å²) in [5, 5.41) is 0. The molecular formula is C15H22N2O. The van der Waals surface area contributed by atoms with Crippen molar-refractivity contribution in [2.75, 3.05) is 33.7 Å². The maximum absolute atomic E-state index is 12.1. The van der Waals surface area contributed by atoms with Crippen LogP contribution in [0, 0.1) is 0 Å². The molecule has 0 saturated carbocycles. The molecule has 0 radical (unpaired) electrons. The quantitative estimate of drug-likeness (QED) is 0.814. The topological polar surface area (TPSA) is 23.6 Å². The molecular weight excluding hydrogens is 224 g/mol. The third-order valence-electron chi connectivity index (χ3n) is 3.50. The lowest BCUT2D eigenvalue weighted by Crippen LogP contribution is -2.43. The Bertz CT molecular complexity index is 389. The smallest absolute Gasteiger partial charge is 0.236 e. The predicted octanol–water partition coefficient (Wildman–Crippen LogP) is 1.95. The minimum atomic E-state index is 0.251. The molecule has 1 saturated heterocycles. The Balaban J connectivity index is 1.98. The Morgan fingerprint density at radius 1 is 1.33 bits per heavy atom. The third kappa shape index (κ3) is 3.33. The van der Waals surface area contributed by atoms with Gasteiger partial charge < -0.3 is 9.80 Å². The van der Waals surface area contributed by atoms with Crippen molar-refractivity contribution in [3.05, 3.63) is 35.9 Å². The minimum absolute atomic E-state index is 0.251. The van der Waals surface area contributed by atoms with Crippen LogP contribution >= 0.6 is 0 Å². The second-order valence-electron chi connectivity index (χ2n) is 5.33. The van der Waals surface area contributed by atoms with E-state index in [0.717, 1.165) is 19.5 Å². The molecule has 0 aromatic heterocycles. The van der Waals surface area contributed by atoms with Gasteiger partial charge in [0, 0.05) is 19.0 Å². The minimum Gasteiger partial charge on any atom is -0.341 e. The van der Waals surface area contributed by atoms with Crippen molar-refractivity contribution in [1.29, 1.82) is 0 Å². The fourth-order valence-corrected chi connectivity index (χ4v) is 2.57. The summed E-state index contributed by atoms with van der Waals surface area (Å²) in [4.78, 5) is 16.0. The van der Waals surface area contributed by atoms with Crippen LogP contribution in [-0.4, -0.2) is 49.4 Å². The van der Waals surface area contributed by atoms with Gasteiger partial charge in [0.15, 0.2) is 0 Å². The van der Waals surface area contributed by atoms with Crippen LogP contribution in [0.5, 0.6) is 0 Å². The Hall–Kier alpha value is -1.35. The highest BCUT2D eigenvalue weighted by atomic mass is 16.2. The van der Waals surface area contributed by atoms with Crippen molar-refractivity contribution in [2.24, 2.45) is 0 Å². The van der Waals surface area contributed by atoms with E-state index in [2.05, 4.69) is 24.3 Å². The van der Waals surface area contributed by atoms with Crippen LogP contribution in [-0.2, 0) is 4.79 Å². The van der Waals surface area contributed by atoms with E-state index < -0.39 is 0 Å². The van der Waals surface area contributed by atoms with Crippen LogP contribution in [0.3, 0.4) is 0 Å². The summed E-state index contributed by atoms with van der Waals surface area (Å²) in [6.45, 7) is 2.30. The van der Waals surface area contributed by atoms with E-state index in [1.807, 2.05) is 30.0 Å². The largest absolute Gasteiger partial charge is 0.341 e. The van der Waals surface area contributed by atoms with E-state index in [-0.39, 0.29) is 5.91 Å². The lowest BCUT2D eigenvalue weighted by molar-refractivity contribution is -0.133. The standard InChI is InChI=1S/C15H22N2O/c1-16(2)12-15(18)17-10-6-9-14(11-17)13-7-4-3-5-8-13/h3-5,7-8,14H,6,9-12H2,1-2H3. The molecule has 0 N–H and O–H groups in total. The van der Waals surface area contributed by atoms with Gasteiger partial charge in [-0.2, -0.15) is 0 Å². The van der Waals surface area contributed by atoms with Crippen molar-refractivity contribution >= 4 is 5.91 Å². The summed E-state index contributed by atoms with van der Waals surface area (Å²) < 4.78 is 0. The molecule has 0 spiro atoms. The van der Waals surface area contributed by atoms with Gasteiger partial charge in [-0.1, -0.05) is 30.3 Å². The zero-order valence-electron chi connectivity index (χ0n) is 11.3. The summed E-state index contributed by atoms with van der Waals surface area (Å²) in [7, 11) is 3.88. The number of benzene rings is 1. The van der Waals surface area contributed by atoms with Gasteiger partial charge in [-0.3, -0.25) is 4.79 Å². The van der Waals surface area contributed by atoms with Gasteiger partial charge in [0.2, 0.25) is 5.91 Å². The molecule has 1 fully saturated rings. The summed E-state index contributed by atoms with van der Waals surface area (Å²) in [5.74, 6) is 0.756. The summed E-state index contributed by atoms with van der Waals surface area (Å²) in [6.07, 6.45) is 2.30. The monoisotopic (exact) mass is 246 g/mol. The molecule has 18 heavy (non-hydrogen) atoms. The van der Waals surface area contributed by atoms with Crippen LogP contribution in [0.2, 0.25) is 0 Å². The fraction of sp³-hybridized carbons (Fsp3) is 0.533. The average Bonchev–Trinajstić information content (AvgIpc) is 2.39. The number of carbonyl (C=O) groups is 1. The first-order valence-corrected chi connectivity index (χ1v) is 6.64. The molecule has 1 aliphatic heterocycles. The van der Waals surface area contributed by atoms with Gasteiger partial charge in [0.25, 0.3) is 0 Å². The predicted molar refractivity (Wildman–Crippen MR) is 73.6 cm³/mol. The van der Waals surface area contributed by atoms with Crippen LogP contribution in [0.25, 0.3) is 0 Å². The number of likely N-dealkylation sites (N-methyl/N-ethyl adjacent to an activating group) is 1. The number of carbonyl (C=O) groups excluding carboxylic acids is 1. The van der Waals surface area contributed by atoms with E-state index in [4.69, 9.17) is 0 Å². The molecule has 1 aromatic rings. The SMILES string of the molecule is CN(C)CC(=O)N1CCCC(c2ccccc2)C1. The van der Waals surface area contributed by atoms with Crippen molar-refractivity contribution in [3.8, 4) is 0 Å². The molecule has 3 heteroatoms. The van der Waals surface area contributed by atoms with Gasteiger partial charge in [-0.25, -0.2) is 0 Å². The highest BCUT2D eigenvalue weighted by Gasteiger charge is 2.24. The Morgan fingerprint density at radius 2 is 2.06 bits per heavy atom. The van der Waals surface area contributed by atoms with Crippen molar-refractivity contribution in [2.45, 2.75) is 18.8 Å². The van der Waals surface area contributed by atoms with Gasteiger partial charge in [-0.05, 0) is 32.5 Å². The first-order valence-electron chi connectivity index (χ1n) is 6.64.